The molecule has 25 heavy (non-hydrogen) atoms. The van der Waals surface area contributed by atoms with Gasteiger partial charge in [0.25, 0.3) is 0 Å². The second-order valence-electron chi connectivity index (χ2n) is 6.14. The third kappa shape index (κ3) is 3.83. The van der Waals surface area contributed by atoms with Crippen LogP contribution >= 0.6 is 0 Å². The number of benzene rings is 2. The van der Waals surface area contributed by atoms with Gasteiger partial charge in [-0.3, -0.25) is 4.79 Å². The lowest BCUT2D eigenvalue weighted by atomic mass is 9.78. The van der Waals surface area contributed by atoms with Crippen LogP contribution in [-0.4, -0.2) is 6.29 Å². The van der Waals surface area contributed by atoms with E-state index in [-0.39, 0.29) is 23.8 Å². The van der Waals surface area contributed by atoms with Gasteiger partial charge in [-0.15, -0.1) is 0 Å². The molecule has 0 atom stereocenters. The van der Waals surface area contributed by atoms with E-state index in [1.807, 2.05) is 0 Å². The van der Waals surface area contributed by atoms with Crippen LogP contribution in [-0.2, 0) is 12.8 Å². The summed E-state index contributed by atoms with van der Waals surface area (Å²) in [6.07, 6.45) is -1.52. The van der Waals surface area contributed by atoms with Crippen molar-refractivity contribution < 1.29 is 27.1 Å². The molecule has 1 aliphatic rings. The average molecular weight is 352 g/mol. The van der Waals surface area contributed by atoms with E-state index in [9.17, 15) is 22.4 Å². The van der Waals surface area contributed by atoms with Crippen molar-refractivity contribution >= 4 is 6.29 Å². The molecule has 0 bridgehead atoms. The van der Waals surface area contributed by atoms with Crippen molar-refractivity contribution in [3.63, 3.8) is 0 Å². The van der Waals surface area contributed by atoms with E-state index in [2.05, 4.69) is 0 Å². The van der Waals surface area contributed by atoms with Gasteiger partial charge in [0.2, 0.25) is 0 Å². The van der Waals surface area contributed by atoms with E-state index in [0.29, 0.717) is 17.4 Å². The van der Waals surface area contributed by atoms with Crippen LogP contribution < -0.4 is 4.74 Å². The van der Waals surface area contributed by atoms with Gasteiger partial charge in [0.05, 0.1) is 11.1 Å². The van der Waals surface area contributed by atoms with Crippen LogP contribution in [0.15, 0.2) is 36.4 Å². The number of alkyl halides is 3. The lowest BCUT2D eigenvalue weighted by molar-refractivity contribution is -0.138. The number of ether oxygens (including phenoxy) is 1. The fourth-order valence-electron chi connectivity index (χ4n) is 2.87. The number of aldehydes is 1. The van der Waals surface area contributed by atoms with Gasteiger partial charge >= 0.3 is 6.18 Å². The van der Waals surface area contributed by atoms with E-state index in [0.717, 1.165) is 31.4 Å². The predicted molar refractivity (Wildman–Crippen MR) is 84.2 cm³/mol. The normalized spacial score (nSPS) is 14.9. The van der Waals surface area contributed by atoms with Crippen LogP contribution in [0.5, 0.6) is 5.75 Å². The fraction of sp³-hybridized carbons (Fsp3) is 0.316. The molecule has 1 fully saturated rings. The van der Waals surface area contributed by atoms with Crippen LogP contribution in [0.2, 0.25) is 0 Å². The molecular weight excluding hydrogens is 336 g/mol. The Bertz CT molecular complexity index is 779. The molecule has 0 radical (unpaired) electrons. The minimum atomic E-state index is -4.42. The Balaban J connectivity index is 1.78. The molecule has 1 saturated carbocycles. The van der Waals surface area contributed by atoms with E-state index in [1.165, 1.54) is 18.2 Å². The lowest BCUT2D eigenvalue weighted by Gasteiger charge is -2.29. The molecule has 0 aliphatic heterocycles. The summed E-state index contributed by atoms with van der Waals surface area (Å²) >= 11 is 0. The maximum atomic E-state index is 13.5. The summed E-state index contributed by atoms with van der Waals surface area (Å²) in [6, 6.07) is 7.93. The molecule has 0 spiro atoms. The number of hydrogen-bond acceptors (Lipinski definition) is 2. The van der Waals surface area contributed by atoms with Gasteiger partial charge in [0.15, 0.2) is 6.29 Å². The van der Waals surface area contributed by atoms with E-state index in [4.69, 9.17) is 4.74 Å². The molecule has 2 nitrogen and oxygen atoms in total. The Hall–Kier alpha value is -2.37. The summed E-state index contributed by atoms with van der Waals surface area (Å²) in [6.45, 7) is -0.117. The highest BCUT2D eigenvalue weighted by Crippen LogP contribution is 2.43. The van der Waals surface area contributed by atoms with E-state index in [1.54, 1.807) is 6.07 Å². The lowest BCUT2D eigenvalue weighted by Crippen LogP contribution is -2.17. The van der Waals surface area contributed by atoms with Crippen molar-refractivity contribution in [3.8, 4) is 5.75 Å². The van der Waals surface area contributed by atoms with Crippen LogP contribution in [0, 0.1) is 5.82 Å². The number of carbonyl (C=O) groups excluding carboxylic acids is 1. The second kappa shape index (κ2) is 6.86. The van der Waals surface area contributed by atoms with Crippen molar-refractivity contribution in [1.29, 1.82) is 0 Å². The molecule has 0 unspecified atom stereocenters. The van der Waals surface area contributed by atoms with Crippen LogP contribution in [0.25, 0.3) is 0 Å². The zero-order valence-corrected chi connectivity index (χ0v) is 13.3. The summed E-state index contributed by atoms with van der Waals surface area (Å²) in [7, 11) is 0. The first-order valence-corrected chi connectivity index (χ1v) is 7.96. The summed E-state index contributed by atoms with van der Waals surface area (Å²) < 4.78 is 58.9. The number of rotatable bonds is 5. The molecule has 0 aromatic heterocycles. The molecule has 0 amide bonds. The van der Waals surface area contributed by atoms with Gasteiger partial charge in [0, 0.05) is 6.07 Å². The Morgan fingerprint density at radius 1 is 1.12 bits per heavy atom. The van der Waals surface area contributed by atoms with Gasteiger partial charge in [-0.25, -0.2) is 4.39 Å². The predicted octanol–water partition coefficient (Wildman–Crippen LogP) is 5.50. The molecule has 2 aromatic rings. The molecule has 6 heteroatoms. The van der Waals surface area contributed by atoms with Gasteiger partial charge in [-0.2, -0.15) is 13.2 Å². The summed E-state index contributed by atoms with van der Waals surface area (Å²) in [5, 5.41) is 0. The first-order valence-electron chi connectivity index (χ1n) is 7.96. The van der Waals surface area contributed by atoms with Crippen LogP contribution in [0.1, 0.15) is 52.2 Å². The zero-order valence-electron chi connectivity index (χ0n) is 13.3. The first-order chi connectivity index (χ1) is 11.9. The summed E-state index contributed by atoms with van der Waals surface area (Å²) in [5.74, 6) is -0.611. The first kappa shape index (κ1) is 17.5. The SMILES string of the molecule is O=Cc1ccc(OCc2ccc(C3CCC3)c(C(F)(F)F)c2)cc1F. The molecule has 1 aliphatic carbocycles. The van der Waals surface area contributed by atoms with E-state index >= 15 is 0 Å². The highest BCUT2D eigenvalue weighted by atomic mass is 19.4. The topological polar surface area (TPSA) is 26.3 Å². The van der Waals surface area contributed by atoms with Crippen molar-refractivity contribution in [1.82, 2.24) is 0 Å². The summed E-state index contributed by atoms with van der Waals surface area (Å²) in [5.41, 5.74) is -0.0310. The summed E-state index contributed by atoms with van der Waals surface area (Å²) in [4.78, 5) is 10.6. The third-order valence-corrected chi connectivity index (χ3v) is 4.47. The fourth-order valence-corrected chi connectivity index (χ4v) is 2.87. The minimum Gasteiger partial charge on any atom is -0.489 e. The van der Waals surface area contributed by atoms with Crippen LogP contribution in [0.3, 0.4) is 0 Å². The third-order valence-electron chi connectivity index (χ3n) is 4.47. The maximum absolute atomic E-state index is 13.5. The number of carbonyl (C=O) groups is 1. The monoisotopic (exact) mass is 352 g/mol. The zero-order chi connectivity index (χ0) is 18.0. The smallest absolute Gasteiger partial charge is 0.416 e. The Labute approximate surface area is 142 Å². The largest absolute Gasteiger partial charge is 0.489 e. The second-order valence-corrected chi connectivity index (χ2v) is 6.14. The minimum absolute atomic E-state index is 0.0309. The van der Waals surface area contributed by atoms with Gasteiger partial charge in [-0.05, 0) is 48.1 Å². The Morgan fingerprint density at radius 3 is 2.44 bits per heavy atom. The molecule has 0 N–H and O–H groups in total. The van der Waals surface area contributed by atoms with Crippen molar-refractivity contribution in [2.75, 3.05) is 0 Å². The van der Waals surface area contributed by atoms with Crippen LogP contribution in [0.4, 0.5) is 17.6 Å². The Morgan fingerprint density at radius 2 is 1.88 bits per heavy atom. The molecule has 132 valence electrons. The molecule has 0 saturated heterocycles. The number of halogens is 4. The molecule has 2 aromatic carbocycles. The Kier molecular flexibility index (Phi) is 4.79. The van der Waals surface area contributed by atoms with Crippen molar-refractivity contribution in [2.24, 2.45) is 0 Å². The highest BCUT2D eigenvalue weighted by Gasteiger charge is 2.36. The van der Waals surface area contributed by atoms with Gasteiger partial charge in [0.1, 0.15) is 18.2 Å². The van der Waals surface area contributed by atoms with Crippen molar-refractivity contribution in [3.05, 3.63) is 64.5 Å². The molecule has 0 heterocycles. The maximum Gasteiger partial charge on any atom is 0.416 e. The average Bonchev–Trinajstić information content (AvgIpc) is 2.51. The molecule has 3 rings (SSSR count). The van der Waals surface area contributed by atoms with Crippen molar-refractivity contribution in [2.45, 2.75) is 38.0 Å². The highest BCUT2D eigenvalue weighted by molar-refractivity contribution is 5.75. The van der Waals surface area contributed by atoms with Gasteiger partial charge < -0.3 is 4.74 Å². The van der Waals surface area contributed by atoms with Gasteiger partial charge in [-0.1, -0.05) is 18.6 Å². The van der Waals surface area contributed by atoms with E-state index < -0.39 is 17.6 Å². The standard InChI is InChI=1S/C19H16F4O2/c20-18-9-15(6-5-14(18)10-24)25-11-12-4-7-16(13-2-1-3-13)17(8-12)19(21,22)23/h4-10,13H,1-3,11H2. The number of hydrogen-bond donors (Lipinski definition) is 0. The molecular formula is C19H16F4O2. The quantitative estimate of drug-likeness (QED) is 0.524.